The van der Waals surface area contributed by atoms with E-state index in [1.807, 2.05) is 24.4 Å². The number of hydroxylamine groups is 1. The maximum atomic E-state index is 5.44. The van der Waals surface area contributed by atoms with Gasteiger partial charge in [0.15, 0.2) is 0 Å². The van der Waals surface area contributed by atoms with E-state index in [1.54, 1.807) is 0 Å². The Kier molecular flexibility index (Phi) is 3.96. The Bertz CT molecular complexity index is 443. The molecule has 3 nitrogen and oxygen atoms in total. The van der Waals surface area contributed by atoms with Gasteiger partial charge in [-0.1, -0.05) is 30.3 Å². The van der Waals surface area contributed by atoms with Gasteiger partial charge in [-0.25, -0.2) is 0 Å². The molecule has 2 rings (SSSR count). The molecule has 0 bridgehead atoms. The normalized spacial score (nSPS) is 10.7. The molecule has 1 aromatic carbocycles. The van der Waals surface area contributed by atoms with Crippen LogP contribution in [-0.2, 0) is 18.0 Å². The largest absolute Gasteiger partial charge is 0.365 e. The van der Waals surface area contributed by atoms with E-state index < -0.39 is 0 Å². The Morgan fingerprint density at radius 1 is 1.18 bits per heavy atom. The summed E-state index contributed by atoms with van der Waals surface area (Å²) in [6.45, 7) is 5.48. The Morgan fingerprint density at radius 2 is 1.94 bits per heavy atom. The molecule has 0 aliphatic rings. The topological polar surface area (TPSA) is 37.0 Å². The van der Waals surface area contributed by atoms with Gasteiger partial charge in [0, 0.05) is 18.4 Å². The fourth-order valence-electron chi connectivity index (χ4n) is 1.79. The van der Waals surface area contributed by atoms with Crippen molar-refractivity contribution < 1.29 is 4.84 Å². The number of nitrogens with one attached hydrogen (secondary N) is 2. The van der Waals surface area contributed by atoms with Crippen LogP contribution in [-0.4, -0.2) is 4.98 Å². The van der Waals surface area contributed by atoms with E-state index in [9.17, 15) is 0 Å². The molecule has 17 heavy (non-hydrogen) atoms. The fraction of sp³-hybridized carbons (Fsp3) is 0.286. The molecule has 3 heteroatoms. The summed E-state index contributed by atoms with van der Waals surface area (Å²) < 4.78 is 0. The number of hydrogen-bond acceptors (Lipinski definition) is 2. The lowest BCUT2D eigenvalue weighted by atomic mass is 10.2. The summed E-state index contributed by atoms with van der Waals surface area (Å²) in [5, 5.41) is 0. The maximum Gasteiger partial charge on any atom is 0.0933 e. The lowest BCUT2D eigenvalue weighted by Crippen LogP contribution is -2.14. The van der Waals surface area contributed by atoms with Crippen molar-refractivity contribution in [3.05, 3.63) is 58.9 Å². The zero-order valence-corrected chi connectivity index (χ0v) is 10.3. The Hall–Kier alpha value is -1.58. The molecule has 0 saturated carbocycles. The first-order chi connectivity index (χ1) is 8.27. The summed E-state index contributed by atoms with van der Waals surface area (Å²) in [7, 11) is 0. The highest BCUT2D eigenvalue weighted by atomic mass is 16.6. The van der Waals surface area contributed by atoms with Crippen molar-refractivity contribution in [3.8, 4) is 0 Å². The highest BCUT2D eigenvalue weighted by Gasteiger charge is 2.03. The smallest absolute Gasteiger partial charge is 0.0933 e. The zero-order valence-electron chi connectivity index (χ0n) is 10.3. The fourth-order valence-corrected chi connectivity index (χ4v) is 1.79. The molecular weight excluding hydrogens is 212 g/mol. The van der Waals surface area contributed by atoms with Crippen molar-refractivity contribution in [1.82, 2.24) is 10.5 Å². The second-order valence-corrected chi connectivity index (χ2v) is 4.17. The number of aryl methyl sites for hydroxylation is 2. The standard InChI is InChI=1S/C14H18N2O/c1-11-8-15-12(2)14(11)9-16-17-10-13-6-4-3-5-7-13/h3-8,15-16H,9-10H2,1-2H3. The number of aromatic nitrogens is 1. The van der Waals surface area contributed by atoms with Crippen LogP contribution in [0.2, 0.25) is 0 Å². The van der Waals surface area contributed by atoms with Gasteiger partial charge in [0.25, 0.3) is 0 Å². The van der Waals surface area contributed by atoms with Crippen LogP contribution in [0.4, 0.5) is 0 Å². The summed E-state index contributed by atoms with van der Waals surface area (Å²) in [5.74, 6) is 0. The van der Waals surface area contributed by atoms with E-state index in [1.165, 1.54) is 22.4 Å². The SMILES string of the molecule is Cc1c[nH]c(C)c1CNOCc1ccccc1. The predicted molar refractivity (Wildman–Crippen MR) is 68.3 cm³/mol. The van der Waals surface area contributed by atoms with Crippen molar-refractivity contribution >= 4 is 0 Å². The van der Waals surface area contributed by atoms with Crippen LogP contribution in [0.3, 0.4) is 0 Å². The minimum Gasteiger partial charge on any atom is -0.365 e. The maximum absolute atomic E-state index is 5.44. The predicted octanol–water partition coefficient (Wildman–Crippen LogP) is 2.85. The molecule has 1 aromatic heterocycles. The van der Waals surface area contributed by atoms with Gasteiger partial charge in [0.05, 0.1) is 6.61 Å². The number of benzene rings is 1. The van der Waals surface area contributed by atoms with E-state index in [0.717, 1.165) is 6.54 Å². The van der Waals surface area contributed by atoms with Gasteiger partial charge in [-0.2, -0.15) is 5.48 Å². The molecule has 0 radical (unpaired) electrons. The van der Waals surface area contributed by atoms with Crippen LogP contribution in [0.25, 0.3) is 0 Å². The van der Waals surface area contributed by atoms with E-state index >= 15 is 0 Å². The molecule has 1 heterocycles. The van der Waals surface area contributed by atoms with Crippen LogP contribution >= 0.6 is 0 Å². The number of aromatic amines is 1. The monoisotopic (exact) mass is 230 g/mol. The summed E-state index contributed by atoms with van der Waals surface area (Å²) in [6.07, 6.45) is 2.02. The Morgan fingerprint density at radius 3 is 2.59 bits per heavy atom. The third-order valence-corrected chi connectivity index (χ3v) is 2.87. The first-order valence-electron chi connectivity index (χ1n) is 5.79. The van der Waals surface area contributed by atoms with Crippen molar-refractivity contribution in [1.29, 1.82) is 0 Å². The van der Waals surface area contributed by atoms with Crippen LogP contribution in [0.1, 0.15) is 22.4 Å². The number of H-pyrrole nitrogens is 1. The van der Waals surface area contributed by atoms with E-state index in [0.29, 0.717) is 6.61 Å². The summed E-state index contributed by atoms with van der Waals surface area (Å²) >= 11 is 0. The number of rotatable bonds is 5. The average Bonchev–Trinajstić information content (AvgIpc) is 2.67. The average molecular weight is 230 g/mol. The molecule has 0 aliphatic heterocycles. The minimum atomic E-state index is 0.587. The number of hydrogen-bond donors (Lipinski definition) is 2. The molecule has 0 spiro atoms. The van der Waals surface area contributed by atoms with Crippen molar-refractivity contribution in [2.75, 3.05) is 0 Å². The first kappa shape index (κ1) is 11.9. The van der Waals surface area contributed by atoms with Gasteiger partial charge in [-0.3, -0.25) is 4.84 Å². The van der Waals surface area contributed by atoms with Crippen molar-refractivity contribution in [3.63, 3.8) is 0 Å². The Labute approximate surface area is 102 Å². The molecule has 2 aromatic rings. The van der Waals surface area contributed by atoms with E-state index in [-0.39, 0.29) is 0 Å². The lowest BCUT2D eigenvalue weighted by Gasteiger charge is -2.06. The third-order valence-electron chi connectivity index (χ3n) is 2.87. The molecular formula is C14H18N2O. The van der Waals surface area contributed by atoms with Gasteiger partial charge in [-0.05, 0) is 30.5 Å². The summed E-state index contributed by atoms with van der Waals surface area (Å²) in [6, 6.07) is 10.1. The lowest BCUT2D eigenvalue weighted by molar-refractivity contribution is 0.0233. The molecule has 0 atom stereocenters. The van der Waals surface area contributed by atoms with Gasteiger partial charge in [0.1, 0.15) is 0 Å². The molecule has 90 valence electrons. The Balaban J connectivity index is 1.77. The molecule has 0 amide bonds. The molecule has 0 saturated heterocycles. The quantitative estimate of drug-likeness (QED) is 0.612. The van der Waals surface area contributed by atoms with Gasteiger partial charge >= 0.3 is 0 Å². The van der Waals surface area contributed by atoms with Crippen LogP contribution in [0.5, 0.6) is 0 Å². The molecule has 0 unspecified atom stereocenters. The van der Waals surface area contributed by atoms with Crippen LogP contribution in [0.15, 0.2) is 36.5 Å². The molecule has 2 N–H and O–H groups in total. The minimum absolute atomic E-state index is 0.587. The highest BCUT2D eigenvalue weighted by Crippen LogP contribution is 2.11. The van der Waals surface area contributed by atoms with Gasteiger partial charge < -0.3 is 4.98 Å². The second-order valence-electron chi connectivity index (χ2n) is 4.17. The summed E-state index contributed by atoms with van der Waals surface area (Å²) in [4.78, 5) is 8.64. The van der Waals surface area contributed by atoms with Gasteiger partial charge in [-0.15, -0.1) is 0 Å². The van der Waals surface area contributed by atoms with E-state index in [2.05, 4.69) is 36.4 Å². The zero-order chi connectivity index (χ0) is 12.1. The molecule has 0 fully saturated rings. The highest BCUT2D eigenvalue weighted by molar-refractivity contribution is 5.28. The van der Waals surface area contributed by atoms with Crippen molar-refractivity contribution in [2.45, 2.75) is 27.0 Å². The second kappa shape index (κ2) is 5.66. The van der Waals surface area contributed by atoms with Crippen LogP contribution in [0, 0.1) is 13.8 Å². The van der Waals surface area contributed by atoms with Crippen LogP contribution < -0.4 is 5.48 Å². The first-order valence-corrected chi connectivity index (χ1v) is 5.79. The van der Waals surface area contributed by atoms with Gasteiger partial charge in [0.2, 0.25) is 0 Å². The van der Waals surface area contributed by atoms with Crippen molar-refractivity contribution in [2.24, 2.45) is 0 Å². The van der Waals surface area contributed by atoms with E-state index in [4.69, 9.17) is 4.84 Å². The summed E-state index contributed by atoms with van der Waals surface area (Å²) in [5.41, 5.74) is 7.90. The third kappa shape index (κ3) is 3.19. The molecule has 0 aliphatic carbocycles.